The van der Waals surface area contributed by atoms with Gasteiger partial charge in [0, 0.05) is 31.2 Å². The molecule has 0 spiro atoms. The molecule has 0 aliphatic carbocycles. The van der Waals surface area contributed by atoms with Crippen molar-refractivity contribution >= 4 is 0 Å². The number of hydrogen-bond acceptors (Lipinski definition) is 3. The molecular formula is C14H19FN2O. The van der Waals surface area contributed by atoms with Gasteiger partial charge in [0.15, 0.2) is 0 Å². The summed E-state index contributed by atoms with van der Waals surface area (Å²) in [6, 6.07) is 6.51. The average Bonchev–Trinajstić information content (AvgIpc) is 2.69. The SMILES string of the molecule is NC(CN1CC2CCC(C1)O2)c1ccccc1F. The summed E-state index contributed by atoms with van der Waals surface area (Å²) in [5, 5.41) is 0. The molecule has 18 heavy (non-hydrogen) atoms. The molecule has 3 unspecified atom stereocenters. The van der Waals surface area contributed by atoms with Gasteiger partial charge in [0.2, 0.25) is 0 Å². The number of halogens is 1. The van der Waals surface area contributed by atoms with E-state index in [1.807, 2.05) is 6.07 Å². The van der Waals surface area contributed by atoms with Crippen molar-refractivity contribution in [2.24, 2.45) is 5.73 Å². The summed E-state index contributed by atoms with van der Waals surface area (Å²) in [6.45, 7) is 2.56. The zero-order chi connectivity index (χ0) is 12.5. The van der Waals surface area contributed by atoms with Crippen molar-refractivity contribution in [3.05, 3.63) is 35.6 Å². The first kappa shape index (κ1) is 12.1. The summed E-state index contributed by atoms with van der Waals surface area (Å²) < 4.78 is 19.4. The highest BCUT2D eigenvalue weighted by Crippen LogP contribution is 2.27. The molecule has 2 fully saturated rings. The Bertz CT molecular complexity index is 414. The molecule has 1 aromatic rings. The van der Waals surface area contributed by atoms with Gasteiger partial charge in [-0.15, -0.1) is 0 Å². The third-order valence-corrected chi connectivity index (χ3v) is 3.88. The number of fused-ring (bicyclic) bond motifs is 2. The van der Waals surface area contributed by atoms with Crippen molar-refractivity contribution in [3.8, 4) is 0 Å². The van der Waals surface area contributed by atoms with Crippen molar-refractivity contribution in [1.82, 2.24) is 4.90 Å². The van der Waals surface area contributed by atoms with E-state index >= 15 is 0 Å². The van der Waals surface area contributed by atoms with Crippen molar-refractivity contribution in [3.63, 3.8) is 0 Å². The lowest BCUT2D eigenvalue weighted by Crippen LogP contribution is -2.45. The molecule has 2 aliphatic rings. The molecule has 2 saturated heterocycles. The van der Waals surface area contributed by atoms with E-state index in [1.54, 1.807) is 12.1 Å². The van der Waals surface area contributed by atoms with Crippen LogP contribution in [0.3, 0.4) is 0 Å². The number of nitrogens with zero attached hydrogens (tertiary/aromatic N) is 1. The summed E-state index contributed by atoms with van der Waals surface area (Å²) >= 11 is 0. The molecule has 2 heterocycles. The molecule has 0 saturated carbocycles. The molecule has 4 heteroatoms. The highest BCUT2D eigenvalue weighted by Gasteiger charge is 2.34. The largest absolute Gasteiger partial charge is 0.372 e. The topological polar surface area (TPSA) is 38.5 Å². The molecule has 3 nitrogen and oxygen atoms in total. The third-order valence-electron chi connectivity index (χ3n) is 3.88. The van der Waals surface area contributed by atoms with Gasteiger partial charge >= 0.3 is 0 Å². The molecule has 0 amide bonds. The summed E-state index contributed by atoms with van der Waals surface area (Å²) in [5.41, 5.74) is 6.72. The van der Waals surface area contributed by atoms with Crippen LogP contribution in [-0.4, -0.2) is 36.7 Å². The Kier molecular flexibility index (Phi) is 3.33. The first-order valence-corrected chi connectivity index (χ1v) is 6.60. The Balaban J connectivity index is 1.64. The van der Waals surface area contributed by atoms with Crippen LogP contribution in [0.4, 0.5) is 4.39 Å². The van der Waals surface area contributed by atoms with Crippen molar-refractivity contribution in [2.75, 3.05) is 19.6 Å². The summed E-state index contributed by atoms with van der Waals surface area (Å²) in [4.78, 5) is 2.31. The number of morpholine rings is 1. The molecular weight excluding hydrogens is 231 g/mol. The predicted molar refractivity (Wildman–Crippen MR) is 67.7 cm³/mol. The van der Waals surface area contributed by atoms with E-state index in [0.717, 1.165) is 25.9 Å². The van der Waals surface area contributed by atoms with Gasteiger partial charge in [-0.25, -0.2) is 4.39 Å². The van der Waals surface area contributed by atoms with E-state index in [-0.39, 0.29) is 11.9 Å². The van der Waals surface area contributed by atoms with E-state index in [2.05, 4.69) is 4.90 Å². The van der Waals surface area contributed by atoms with E-state index in [9.17, 15) is 4.39 Å². The Morgan fingerprint density at radius 3 is 2.61 bits per heavy atom. The smallest absolute Gasteiger partial charge is 0.128 e. The molecule has 2 N–H and O–H groups in total. The Morgan fingerprint density at radius 2 is 1.94 bits per heavy atom. The van der Waals surface area contributed by atoms with Crippen LogP contribution in [0.5, 0.6) is 0 Å². The van der Waals surface area contributed by atoms with Crippen LogP contribution < -0.4 is 5.73 Å². The lowest BCUT2D eigenvalue weighted by molar-refractivity contribution is -0.0398. The Labute approximate surface area is 107 Å². The fraction of sp³-hybridized carbons (Fsp3) is 0.571. The average molecular weight is 250 g/mol. The van der Waals surface area contributed by atoms with Gasteiger partial charge in [0.05, 0.1) is 12.2 Å². The van der Waals surface area contributed by atoms with Gasteiger partial charge in [-0.05, 0) is 18.9 Å². The minimum atomic E-state index is -0.260. The maximum Gasteiger partial charge on any atom is 0.128 e. The van der Waals surface area contributed by atoms with Crippen LogP contribution in [0.1, 0.15) is 24.4 Å². The summed E-state index contributed by atoms with van der Waals surface area (Å²) in [6.07, 6.45) is 3.01. The first-order valence-electron chi connectivity index (χ1n) is 6.60. The molecule has 1 aromatic carbocycles. The zero-order valence-electron chi connectivity index (χ0n) is 10.4. The number of hydrogen-bond donors (Lipinski definition) is 1. The number of nitrogens with two attached hydrogens (primary N) is 1. The maximum absolute atomic E-state index is 13.6. The molecule has 2 bridgehead atoms. The van der Waals surface area contributed by atoms with Gasteiger partial charge in [0.25, 0.3) is 0 Å². The van der Waals surface area contributed by atoms with E-state index in [0.29, 0.717) is 24.3 Å². The molecule has 2 aliphatic heterocycles. The van der Waals surface area contributed by atoms with Gasteiger partial charge < -0.3 is 10.5 Å². The highest BCUT2D eigenvalue weighted by molar-refractivity contribution is 5.21. The number of likely N-dealkylation sites (tertiary alicyclic amines) is 1. The first-order chi connectivity index (χ1) is 8.72. The second-order valence-electron chi connectivity index (χ2n) is 5.30. The van der Waals surface area contributed by atoms with E-state index in [1.165, 1.54) is 6.07 Å². The fourth-order valence-electron chi connectivity index (χ4n) is 3.00. The molecule has 98 valence electrons. The molecule has 3 atom stereocenters. The number of rotatable bonds is 3. The maximum atomic E-state index is 13.6. The molecule has 0 radical (unpaired) electrons. The predicted octanol–water partition coefficient (Wildman–Crippen LogP) is 1.69. The van der Waals surface area contributed by atoms with Crippen LogP contribution in [0, 0.1) is 5.82 Å². The minimum absolute atomic E-state index is 0.207. The monoisotopic (exact) mass is 250 g/mol. The summed E-state index contributed by atoms with van der Waals surface area (Å²) in [5.74, 6) is -0.207. The fourth-order valence-corrected chi connectivity index (χ4v) is 3.00. The van der Waals surface area contributed by atoms with E-state index < -0.39 is 0 Å². The molecule has 0 aromatic heterocycles. The van der Waals surface area contributed by atoms with Gasteiger partial charge in [0.1, 0.15) is 5.82 Å². The van der Waals surface area contributed by atoms with Crippen molar-refractivity contribution in [2.45, 2.75) is 31.1 Å². The number of benzene rings is 1. The third kappa shape index (κ3) is 2.41. The Hall–Kier alpha value is -0.970. The van der Waals surface area contributed by atoms with Crippen LogP contribution in [-0.2, 0) is 4.74 Å². The van der Waals surface area contributed by atoms with E-state index in [4.69, 9.17) is 10.5 Å². The lowest BCUT2D eigenvalue weighted by Gasteiger charge is -2.33. The van der Waals surface area contributed by atoms with Gasteiger partial charge in [-0.1, -0.05) is 18.2 Å². The molecule has 3 rings (SSSR count). The number of ether oxygens (including phenoxy) is 1. The lowest BCUT2D eigenvalue weighted by atomic mass is 10.1. The van der Waals surface area contributed by atoms with Crippen LogP contribution in [0.25, 0.3) is 0 Å². The second kappa shape index (κ2) is 4.96. The summed E-state index contributed by atoms with van der Waals surface area (Å²) in [7, 11) is 0. The van der Waals surface area contributed by atoms with Crippen LogP contribution >= 0.6 is 0 Å². The second-order valence-corrected chi connectivity index (χ2v) is 5.30. The van der Waals surface area contributed by atoms with Gasteiger partial charge in [-0.2, -0.15) is 0 Å². The minimum Gasteiger partial charge on any atom is -0.372 e. The van der Waals surface area contributed by atoms with Crippen molar-refractivity contribution < 1.29 is 9.13 Å². The van der Waals surface area contributed by atoms with Crippen LogP contribution in [0.2, 0.25) is 0 Å². The zero-order valence-corrected chi connectivity index (χ0v) is 10.4. The standard InChI is InChI=1S/C14H19FN2O/c15-13-4-2-1-3-12(13)14(16)9-17-7-10-5-6-11(8-17)18-10/h1-4,10-11,14H,5-9,16H2. The quantitative estimate of drug-likeness (QED) is 0.887. The van der Waals surface area contributed by atoms with Gasteiger partial charge in [-0.3, -0.25) is 4.90 Å². The van der Waals surface area contributed by atoms with Crippen molar-refractivity contribution in [1.29, 1.82) is 0 Å². The normalized spacial score (nSPS) is 29.4. The highest BCUT2D eigenvalue weighted by atomic mass is 19.1. The Morgan fingerprint density at radius 1 is 1.28 bits per heavy atom. The van der Waals surface area contributed by atoms with Crippen LogP contribution in [0.15, 0.2) is 24.3 Å².